The van der Waals surface area contributed by atoms with Gasteiger partial charge >= 0.3 is 19.8 Å². The molecule has 0 aromatic rings. The molecule has 0 rings (SSSR count). The van der Waals surface area contributed by atoms with E-state index in [0.29, 0.717) is 6.42 Å². The highest BCUT2D eigenvalue weighted by Gasteiger charge is 2.22. The number of hydrogen-bond donors (Lipinski definition) is 3. The Morgan fingerprint density at radius 3 is 1.97 bits per heavy atom. The number of phosphoric ester groups is 1. The molecule has 0 spiro atoms. The van der Waals surface area contributed by atoms with E-state index in [-0.39, 0.29) is 19.0 Å². The van der Waals surface area contributed by atoms with Gasteiger partial charge in [-0.25, -0.2) is 4.57 Å². The van der Waals surface area contributed by atoms with Gasteiger partial charge in [-0.2, -0.15) is 0 Å². The number of allylic oxidation sites excluding steroid dienone is 2. The van der Waals surface area contributed by atoms with Crippen LogP contribution in [0.4, 0.5) is 0 Å². The van der Waals surface area contributed by atoms with Gasteiger partial charge in [-0.3, -0.25) is 14.1 Å². The average Bonchev–Trinajstić information content (AvgIpc) is 2.78. The molecule has 0 saturated carbocycles. The third kappa shape index (κ3) is 25.6. The second kappa shape index (κ2) is 22.0. The van der Waals surface area contributed by atoms with Gasteiger partial charge in [-0.05, 0) is 32.1 Å². The number of carbonyl (C=O) groups excluding carboxylic acids is 2. The van der Waals surface area contributed by atoms with E-state index in [9.17, 15) is 14.2 Å². The lowest BCUT2D eigenvalue weighted by molar-refractivity contribution is -0.158. The molecule has 206 valence electrons. The standard InChI is InChI=1S/C25H48NO8P/c1-3-4-5-6-7-8-9-10-11-12-13-14-15-16-17-18-25(28)32-21-24(34-22(2)27)19-23(26)20-33-35(29,30)31/h10-11,23-24H,3-9,12-21,26H2,1-2H3,(H2,29,30,31)/b11-10-. The van der Waals surface area contributed by atoms with Gasteiger partial charge in [0.2, 0.25) is 0 Å². The molecule has 0 bridgehead atoms. The second-order valence-electron chi connectivity index (χ2n) is 9.03. The maximum atomic E-state index is 12.0. The highest BCUT2D eigenvalue weighted by Crippen LogP contribution is 2.35. The second-order valence-corrected chi connectivity index (χ2v) is 10.3. The van der Waals surface area contributed by atoms with E-state index >= 15 is 0 Å². The van der Waals surface area contributed by atoms with Crippen LogP contribution in [0.5, 0.6) is 0 Å². The lowest BCUT2D eigenvalue weighted by Crippen LogP contribution is -2.35. The van der Waals surface area contributed by atoms with Crippen LogP contribution in [0.25, 0.3) is 0 Å². The zero-order valence-electron chi connectivity index (χ0n) is 21.7. The molecular formula is C25H48NO8P. The molecule has 2 unspecified atom stereocenters. The SMILES string of the molecule is CCCCCCCC/C=C\CCCCCCCC(=O)OCC(CC(N)COP(=O)(O)O)OC(C)=O. The molecular weight excluding hydrogens is 473 g/mol. The first-order chi connectivity index (χ1) is 16.6. The van der Waals surface area contributed by atoms with Crippen LogP contribution in [0, 0.1) is 0 Å². The van der Waals surface area contributed by atoms with Crippen LogP contribution in [-0.2, 0) is 28.2 Å². The monoisotopic (exact) mass is 521 g/mol. The fourth-order valence-electron chi connectivity index (χ4n) is 3.58. The smallest absolute Gasteiger partial charge is 0.462 e. The van der Waals surface area contributed by atoms with Crippen molar-refractivity contribution in [1.29, 1.82) is 0 Å². The Morgan fingerprint density at radius 2 is 1.43 bits per heavy atom. The first-order valence-corrected chi connectivity index (χ1v) is 14.6. The molecule has 4 N–H and O–H groups in total. The average molecular weight is 522 g/mol. The number of rotatable bonds is 23. The summed E-state index contributed by atoms with van der Waals surface area (Å²) in [6.45, 7) is 2.89. The topological polar surface area (TPSA) is 145 Å². The Morgan fingerprint density at radius 1 is 0.886 bits per heavy atom. The molecule has 9 nitrogen and oxygen atoms in total. The van der Waals surface area contributed by atoms with E-state index < -0.39 is 32.5 Å². The first kappa shape index (κ1) is 33.8. The lowest BCUT2D eigenvalue weighted by Gasteiger charge is -2.21. The molecule has 0 heterocycles. The zero-order valence-corrected chi connectivity index (χ0v) is 22.6. The van der Waals surface area contributed by atoms with Gasteiger partial charge in [0, 0.05) is 25.8 Å². The number of carbonyl (C=O) groups is 2. The molecule has 35 heavy (non-hydrogen) atoms. The van der Waals surface area contributed by atoms with Crippen LogP contribution >= 0.6 is 7.82 Å². The summed E-state index contributed by atoms with van der Waals surface area (Å²) < 4.78 is 25.4. The van der Waals surface area contributed by atoms with Crippen molar-refractivity contribution in [1.82, 2.24) is 0 Å². The first-order valence-electron chi connectivity index (χ1n) is 13.1. The van der Waals surface area contributed by atoms with Gasteiger partial charge in [0.1, 0.15) is 12.7 Å². The van der Waals surface area contributed by atoms with Crippen LogP contribution < -0.4 is 5.73 Å². The van der Waals surface area contributed by atoms with Crippen molar-refractivity contribution in [3.8, 4) is 0 Å². The Hall–Kier alpha value is -1.25. The van der Waals surface area contributed by atoms with E-state index in [1.807, 2.05) is 0 Å². The van der Waals surface area contributed by atoms with E-state index in [2.05, 4.69) is 23.6 Å². The minimum absolute atomic E-state index is 0.0419. The van der Waals surface area contributed by atoms with Crippen LogP contribution in [0.15, 0.2) is 12.2 Å². The highest BCUT2D eigenvalue weighted by atomic mass is 31.2. The summed E-state index contributed by atoms with van der Waals surface area (Å²) in [7, 11) is -4.63. The van der Waals surface area contributed by atoms with E-state index in [4.69, 9.17) is 25.0 Å². The zero-order chi connectivity index (χ0) is 26.4. The summed E-state index contributed by atoms with van der Waals surface area (Å²) in [4.78, 5) is 40.7. The van der Waals surface area contributed by atoms with E-state index in [0.717, 1.165) is 38.5 Å². The molecule has 0 fully saturated rings. The Kier molecular flexibility index (Phi) is 21.2. The number of nitrogens with two attached hydrogens (primary N) is 1. The number of phosphoric acid groups is 1. The fraction of sp³-hybridized carbons (Fsp3) is 0.840. The van der Waals surface area contributed by atoms with Gasteiger partial charge < -0.3 is 25.0 Å². The van der Waals surface area contributed by atoms with Gasteiger partial charge in [-0.15, -0.1) is 0 Å². The van der Waals surface area contributed by atoms with Crippen molar-refractivity contribution in [2.24, 2.45) is 5.73 Å². The molecule has 0 aliphatic heterocycles. The van der Waals surface area contributed by atoms with Crippen LogP contribution in [0.1, 0.15) is 110 Å². The van der Waals surface area contributed by atoms with Crippen molar-refractivity contribution >= 4 is 19.8 Å². The minimum Gasteiger partial charge on any atom is -0.462 e. The highest BCUT2D eigenvalue weighted by molar-refractivity contribution is 7.46. The summed E-state index contributed by atoms with van der Waals surface area (Å²) in [5.74, 6) is -0.939. The molecule has 0 aromatic heterocycles. The molecule has 0 amide bonds. The maximum Gasteiger partial charge on any atom is 0.469 e. The summed E-state index contributed by atoms with van der Waals surface area (Å²) in [5.41, 5.74) is 5.76. The fourth-order valence-corrected chi connectivity index (χ4v) is 3.97. The maximum absolute atomic E-state index is 12.0. The van der Waals surface area contributed by atoms with Gasteiger partial charge in [0.25, 0.3) is 0 Å². The Balaban J connectivity index is 3.81. The van der Waals surface area contributed by atoms with Crippen molar-refractivity contribution in [3.05, 3.63) is 12.2 Å². The molecule has 2 atom stereocenters. The Bertz CT molecular complexity index is 623. The third-order valence-corrected chi connectivity index (χ3v) is 5.91. The van der Waals surface area contributed by atoms with Crippen molar-refractivity contribution in [2.45, 2.75) is 122 Å². The summed E-state index contributed by atoms with van der Waals surface area (Å²) >= 11 is 0. The van der Waals surface area contributed by atoms with Gasteiger partial charge in [0.05, 0.1) is 6.61 Å². The number of unbranched alkanes of at least 4 members (excludes halogenated alkanes) is 11. The molecule has 0 radical (unpaired) electrons. The van der Waals surface area contributed by atoms with Crippen molar-refractivity contribution in [2.75, 3.05) is 13.2 Å². The van der Waals surface area contributed by atoms with E-state index in [1.165, 1.54) is 51.9 Å². The quantitative estimate of drug-likeness (QED) is 0.0703. The minimum atomic E-state index is -4.63. The van der Waals surface area contributed by atoms with Crippen molar-refractivity contribution < 1.29 is 37.9 Å². The summed E-state index contributed by atoms with van der Waals surface area (Å²) in [5, 5.41) is 0. The van der Waals surface area contributed by atoms with Crippen molar-refractivity contribution in [3.63, 3.8) is 0 Å². The Labute approximate surface area is 211 Å². The van der Waals surface area contributed by atoms with Crippen LogP contribution in [-0.4, -0.2) is 47.1 Å². The van der Waals surface area contributed by atoms with Gasteiger partial charge in [-0.1, -0.05) is 70.4 Å². The molecule has 0 aromatic carbocycles. The number of ether oxygens (including phenoxy) is 2. The summed E-state index contributed by atoms with van der Waals surface area (Å²) in [6, 6.07) is -0.795. The lowest BCUT2D eigenvalue weighted by atomic mass is 10.1. The largest absolute Gasteiger partial charge is 0.469 e. The van der Waals surface area contributed by atoms with E-state index in [1.54, 1.807) is 0 Å². The normalized spacial score (nSPS) is 13.6. The molecule has 0 aliphatic carbocycles. The number of hydrogen-bond acceptors (Lipinski definition) is 7. The predicted octanol–water partition coefficient (Wildman–Crippen LogP) is 5.33. The summed E-state index contributed by atoms with van der Waals surface area (Å²) in [6.07, 6.45) is 19.4. The van der Waals surface area contributed by atoms with Crippen LogP contribution in [0.2, 0.25) is 0 Å². The molecule has 10 heteroatoms. The third-order valence-electron chi connectivity index (χ3n) is 5.43. The predicted molar refractivity (Wildman–Crippen MR) is 137 cm³/mol. The number of esters is 2. The molecule has 0 aliphatic rings. The van der Waals surface area contributed by atoms with Gasteiger partial charge in [0.15, 0.2) is 0 Å². The molecule has 0 saturated heterocycles. The van der Waals surface area contributed by atoms with Crippen LogP contribution in [0.3, 0.4) is 0 Å².